The molecular formula is C70H83BN7O13S+. The zero-order valence-electron chi connectivity index (χ0n) is 53.1. The van der Waals surface area contributed by atoms with Gasteiger partial charge in [0.15, 0.2) is 5.78 Å². The van der Waals surface area contributed by atoms with Crippen molar-refractivity contribution in [1.82, 2.24) is 30.7 Å². The van der Waals surface area contributed by atoms with Gasteiger partial charge in [0.05, 0.1) is 19.8 Å². The summed E-state index contributed by atoms with van der Waals surface area (Å²) in [6, 6.07) is 35.2. The second-order valence-electron chi connectivity index (χ2n) is 23.2. The Morgan fingerprint density at radius 3 is 2.21 bits per heavy atom. The number of ether oxygens (including phenoxy) is 1. The summed E-state index contributed by atoms with van der Waals surface area (Å²) in [5, 5.41) is 23.4. The fourth-order valence-electron chi connectivity index (χ4n) is 12.5. The van der Waals surface area contributed by atoms with Crippen molar-refractivity contribution in [2.24, 2.45) is 0 Å². The molecule has 92 heavy (non-hydrogen) atoms. The molecule has 1 fully saturated rings. The van der Waals surface area contributed by atoms with Crippen LogP contribution < -0.4 is 46.3 Å². The van der Waals surface area contributed by atoms with Crippen molar-refractivity contribution >= 4 is 74.7 Å². The minimum atomic E-state index is -4.77. The van der Waals surface area contributed by atoms with Crippen LogP contribution in [-0.4, -0.2) is 143 Å². The lowest BCUT2D eigenvalue weighted by molar-refractivity contribution is -0.130. The lowest BCUT2D eigenvalue weighted by Gasteiger charge is -2.27. The summed E-state index contributed by atoms with van der Waals surface area (Å²) in [7, 11) is -4.52. The van der Waals surface area contributed by atoms with Gasteiger partial charge in [-0.15, -0.1) is 0 Å². The normalized spacial score (nSPS) is 14.0. The quantitative estimate of drug-likeness (QED) is 0.00656. The van der Waals surface area contributed by atoms with Crippen LogP contribution in [0.1, 0.15) is 132 Å². The van der Waals surface area contributed by atoms with Crippen LogP contribution in [0.3, 0.4) is 0 Å². The van der Waals surface area contributed by atoms with Gasteiger partial charge in [-0.25, -0.2) is 4.58 Å². The Labute approximate surface area is 538 Å². The standard InChI is InChI=1S/C70H82BN7O13S/c1-6-76(7-2)50-33-35-54-60(42-50)91-61-43-51(77(8-3)9-4)34-36-55(61)63(54)52-25-17-18-26-53(52)70(84)78-40-20-27-59(78)69(83)75-58(45-92(86,87)88)68(82)73-37-19-11-14-28-62(79)72-38-39-74-67(81)56-41-49(66(89-5)64-57(56)44-90-71(64)85)24-16-15-21-46-29-31-48(32-30-46)65(80)47-22-12-10-13-23-47/h10,12-13,17-18,22-23,25-26,29-36,41-43,58-59,85H,6-9,11,14-16,19-21,24,27-28,37-40,44-45H2,1-5H3,(H4-,72,73,74,75,79,81,82,83,86,87,88)/p+1. The number of hydrogen-bond donors (Lipinski definition) is 6. The van der Waals surface area contributed by atoms with Gasteiger partial charge in [0.25, 0.3) is 21.9 Å². The maximum Gasteiger partial charge on any atom is 0.495 e. The molecule has 2 unspecified atom stereocenters. The molecule has 6 N–H and O–H groups in total. The summed E-state index contributed by atoms with van der Waals surface area (Å²) < 4.78 is 54.7. The van der Waals surface area contributed by atoms with Crippen molar-refractivity contribution in [3.63, 3.8) is 0 Å². The first-order chi connectivity index (χ1) is 44.4. The van der Waals surface area contributed by atoms with E-state index in [0.29, 0.717) is 88.0 Å². The van der Waals surface area contributed by atoms with Gasteiger partial charge in [0.1, 0.15) is 48.0 Å². The molecule has 3 heterocycles. The summed E-state index contributed by atoms with van der Waals surface area (Å²) >= 11 is 0. The molecule has 2 atom stereocenters. The molecule has 0 saturated carbocycles. The van der Waals surface area contributed by atoms with E-state index in [9.17, 15) is 46.8 Å². The predicted octanol–water partition coefficient (Wildman–Crippen LogP) is 7.09. The molecule has 9 rings (SSSR count). The first kappa shape index (κ1) is 67.7. The highest BCUT2D eigenvalue weighted by Gasteiger charge is 2.39. The predicted molar refractivity (Wildman–Crippen MR) is 356 cm³/mol. The SMILES string of the molecule is CCN(CC)c1ccc2c(-c3ccccc3C(=O)N3CCCC3C(=O)NC(CS(=O)(=O)O)C(=O)NCCCCCC(=O)NCCNC(=O)c3cc(CCCCc4ccc(C(=O)c5ccccc5)cc4)c(OC)c4c3COB4O)c3ccc(=[N+](CC)CC)cc-3oc2c1. The number of ketones is 1. The molecule has 0 spiro atoms. The molecule has 484 valence electrons. The maximum absolute atomic E-state index is 14.9. The smallest absolute Gasteiger partial charge is 0.495 e. The van der Waals surface area contributed by atoms with Crippen molar-refractivity contribution in [1.29, 1.82) is 0 Å². The van der Waals surface area contributed by atoms with Crippen LogP contribution in [0.25, 0.3) is 33.4 Å². The Morgan fingerprint density at radius 2 is 1.48 bits per heavy atom. The Balaban J connectivity index is 0.749. The molecule has 3 aliphatic heterocycles. The van der Waals surface area contributed by atoms with Crippen LogP contribution >= 0.6 is 0 Å². The highest BCUT2D eigenvalue weighted by molar-refractivity contribution is 7.85. The van der Waals surface area contributed by atoms with E-state index >= 15 is 0 Å². The van der Waals surface area contributed by atoms with Gasteiger partial charge in [0.2, 0.25) is 23.1 Å². The Morgan fingerprint density at radius 1 is 0.761 bits per heavy atom. The topological polar surface area (TPSA) is 266 Å². The minimum absolute atomic E-state index is 0.0160. The highest BCUT2D eigenvalue weighted by atomic mass is 32.2. The van der Waals surface area contributed by atoms with Crippen molar-refractivity contribution < 1.29 is 60.6 Å². The Hall–Kier alpha value is -8.70. The van der Waals surface area contributed by atoms with Gasteiger partial charge in [-0.2, -0.15) is 8.42 Å². The molecule has 5 aromatic rings. The number of nitrogens with one attached hydrogen (secondary N) is 4. The highest BCUT2D eigenvalue weighted by Crippen LogP contribution is 2.43. The number of likely N-dealkylation sites (tertiary alicyclic amines) is 1. The van der Waals surface area contributed by atoms with Crippen molar-refractivity contribution in [3.8, 4) is 28.2 Å². The maximum atomic E-state index is 14.9. The molecule has 0 bridgehead atoms. The van der Waals surface area contributed by atoms with E-state index < -0.39 is 58.7 Å². The molecule has 1 aliphatic carbocycles. The zero-order valence-corrected chi connectivity index (χ0v) is 53.9. The van der Waals surface area contributed by atoms with Crippen LogP contribution in [0.15, 0.2) is 126 Å². The minimum Gasteiger partial charge on any atom is -0.497 e. The molecular weight excluding hydrogens is 1190 g/mol. The molecule has 5 aromatic carbocycles. The van der Waals surface area contributed by atoms with Gasteiger partial charge in [-0.1, -0.05) is 79.2 Å². The molecule has 1 saturated heterocycles. The second kappa shape index (κ2) is 31.6. The first-order valence-corrected chi connectivity index (χ1v) is 33.6. The third kappa shape index (κ3) is 16.3. The monoisotopic (exact) mass is 1270 g/mol. The number of benzene rings is 6. The van der Waals surface area contributed by atoms with Gasteiger partial charge >= 0.3 is 7.12 Å². The molecule has 0 radical (unpaired) electrons. The van der Waals surface area contributed by atoms with E-state index in [1.54, 1.807) is 30.3 Å². The fourth-order valence-corrected chi connectivity index (χ4v) is 13.2. The number of carbonyl (C=O) groups is 6. The number of unbranched alkanes of at least 4 members (excludes halogenated alkanes) is 3. The van der Waals surface area contributed by atoms with E-state index in [0.717, 1.165) is 84.1 Å². The third-order valence-corrected chi connectivity index (χ3v) is 18.1. The first-order valence-electron chi connectivity index (χ1n) is 32.0. The van der Waals surface area contributed by atoms with Crippen LogP contribution in [0.2, 0.25) is 0 Å². The van der Waals surface area contributed by atoms with Gasteiger partial charge in [-0.3, -0.25) is 33.3 Å². The van der Waals surface area contributed by atoms with Gasteiger partial charge in [0, 0.05) is 108 Å². The van der Waals surface area contributed by atoms with Crippen molar-refractivity contribution in [3.05, 3.63) is 166 Å². The third-order valence-electron chi connectivity index (χ3n) is 17.3. The summed E-state index contributed by atoms with van der Waals surface area (Å²) in [4.78, 5) is 85.7. The van der Waals surface area contributed by atoms with Crippen LogP contribution in [0.4, 0.5) is 5.69 Å². The van der Waals surface area contributed by atoms with E-state index in [1.165, 1.54) is 12.0 Å². The van der Waals surface area contributed by atoms with Gasteiger partial charge < -0.3 is 49.9 Å². The number of carbonyl (C=O) groups excluding carboxylic acids is 6. The number of nitrogens with zero attached hydrogens (tertiary/aromatic N) is 3. The number of fused-ring (bicyclic) bond motifs is 3. The van der Waals surface area contributed by atoms with Crippen molar-refractivity contribution in [2.45, 2.75) is 111 Å². The molecule has 20 nitrogen and oxygen atoms in total. The molecule has 5 amide bonds. The average molecular weight is 1270 g/mol. The Bertz CT molecular complexity index is 3960. The lowest BCUT2D eigenvalue weighted by Crippen LogP contribution is -2.55. The molecule has 4 aliphatic rings. The summed E-state index contributed by atoms with van der Waals surface area (Å²) in [6.45, 7) is 12.1. The van der Waals surface area contributed by atoms with Gasteiger partial charge in [-0.05, 0) is 132 Å². The number of rotatable bonds is 30. The summed E-state index contributed by atoms with van der Waals surface area (Å²) in [6.07, 6.45) is 5.11. The number of amides is 5. The van der Waals surface area contributed by atoms with E-state index in [-0.39, 0.29) is 57.3 Å². The van der Waals surface area contributed by atoms with Crippen LogP contribution in [-0.2, 0) is 48.6 Å². The number of methoxy groups -OCH3 is 1. The van der Waals surface area contributed by atoms with E-state index in [4.69, 9.17) is 13.8 Å². The number of aryl methyl sites for hydroxylation is 2. The number of anilines is 1. The largest absolute Gasteiger partial charge is 0.497 e. The summed E-state index contributed by atoms with van der Waals surface area (Å²) in [5.41, 5.74) is 8.58. The fraction of sp³-hybridized carbons (Fsp3) is 0.386. The summed E-state index contributed by atoms with van der Waals surface area (Å²) in [5.74, 6) is -2.67. The van der Waals surface area contributed by atoms with E-state index in [1.807, 2.05) is 91.0 Å². The van der Waals surface area contributed by atoms with E-state index in [2.05, 4.69) is 58.4 Å². The Kier molecular flexibility index (Phi) is 23.2. The molecule has 0 aromatic heterocycles. The average Bonchev–Trinajstić information content (AvgIpc) is 0.976. The zero-order chi connectivity index (χ0) is 65.5. The second-order valence-corrected chi connectivity index (χ2v) is 24.7. The number of hydrogen-bond acceptors (Lipinski definition) is 13. The molecule has 22 heteroatoms. The van der Waals surface area contributed by atoms with Crippen LogP contribution in [0.5, 0.6) is 5.75 Å². The van der Waals surface area contributed by atoms with Crippen molar-refractivity contribution in [2.75, 3.05) is 70.1 Å². The lowest BCUT2D eigenvalue weighted by atomic mass is 9.75. The van der Waals surface area contributed by atoms with Crippen LogP contribution in [0, 0.1) is 0 Å².